The number of H-pyrrole nitrogens is 1. The van der Waals surface area contributed by atoms with E-state index in [9.17, 15) is 14.0 Å². The summed E-state index contributed by atoms with van der Waals surface area (Å²) in [4.78, 5) is 34.3. The number of nitrogens with zero attached hydrogens (tertiary/aromatic N) is 1. The number of thioether (sulfide) groups is 1. The monoisotopic (exact) mass is 497 g/mol. The van der Waals surface area contributed by atoms with E-state index in [1.54, 1.807) is 43.3 Å². The minimum absolute atomic E-state index is 0.144. The first-order valence-electron chi connectivity index (χ1n) is 10.7. The normalized spacial score (nSPS) is 12.0. The van der Waals surface area contributed by atoms with Crippen molar-refractivity contribution in [1.82, 2.24) is 9.97 Å². The Balaban J connectivity index is 1.34. The van der Waals surface area contributed by atoms with Gasteiger partial charge < -0.3 is 15.0 Å². The Kier molecular flexibility index (Phi) is 7.33. The molecule has 0 bridgehead atoms. The molecule has 1 atom stereocenters. The van der Waals surface area contributed by atoms with Gasteiger partial charge in [-0.2, -0.15) is 0 Å². The van der Waals surface area contributed by atoms with E-state index in [0.717, 1.165) is 20.8 Å². The number of nitrogens with one attached hydrogen (secondary N) is 2. The van der Waals surface area contributed by atoms with E-state index in [4.69, 9.17) is 4.74 Å². The third-order valence-corrected chi connectivity index (χ3v) is 7.58. The van der Waals surface area contributed by atoms with Gasteiger partial charge >= 0.3 is 0 Å². The molecular weight excluding hydrogens is 473 g/mol. The molecule has 1 unspecified atom stereocenters. The van der Waals surface area contributed by atoms with E-state index in [1.807, 2.05) is 13.8 Å². The van der Waals surface area contributed by atoms with E-state index in [0.29, 0.717) is 28.4 Å². The molecule has 4 rings (SSSR count). The molecule has 4 aromatic rings. The Hall–Kier alpha value is -3.17. The van der Waals surface area contributed by atoms with Gasteiger partial charge in [-0.1, -0.05) is 18.2 Å². The van der Waals surface area contributed by atoms with Crippen LogP contribution in [-0.2, 0) is 17.2 Å². The van der Waals surface area contributed by atoms with Gasteiger partial charge in [-0.25, -0.2) is 9.37 Å². The minimum atomic E-state index is -0.371. The second kappa shape index (κ2) is 10.4. The largest absolute Gasteiger partial charge is 0.489 e. The zero-order chi connectivity index (χ0) is 24.2. The van der Waals surface area contributed by atoms with Crippen LogP contribution >= 0.6 is 23.1 Å². The molecule has 176 valence electrons. The Bertz CT molecular complexity index is 1400. The van der Waals surface area contributed by atoms with Crippen molar-refractivity contribution >= 4 is 44.9 Å². The summed E-state index contributed by atoms with van der Waals surface area (Å²) in [5, 5.41) is 3.16. The van der Waals surface area contributed by atoms with Crippen LogP contribution in [0.25, 0.3) is 10.2 Å². The van der Waals surface area contributed by atoms with Gasteiger partial charge in [0, 0.05) is 16.6 Å². The lowest BCUT2D eigenvalue weighted by Gasteiger charge is -2.13. The quantitative estimate of drug-likeness (QED) is 0.332. The zero-order valence-corrected chi connectivity index (χ0v) is 20.6. The van der Waals surface area contributed by atoms with E-state index >= 15 is 0 Å². The lowest BCUT2D eigenvalue weighted by Crippen LogP contribution is -2.23. The van der Waals surface area contributed by atoms with Crippen LogP contribution in [0.2, 0.25) is 0 Å². The first-order chi connectivity index (χ1) is 16.3. The molecule has 0 radical (unpaired) electrons. The fraction of sp³-hybridized carbons (Fsp3) is 0.240. The average molecular weight is 498 g/mol. The van der Waals surface area contributed by atoms with Crippen molar-refractivity contribution in [2.45, 2.75) is 38.4 Å². The predicted molar refractivity (Wildman–Crippen MR) is 136 cm³/mol. The predicted octanol–water partition coefficient (Wildman–Crippen LogP) is 5.58. The second-order valence-electron chi connectivity index (χ2n) is 7.86. The number of fused-ring (bicyclic) bond motifs is 1. The number of hydrogen-bond acceptors (Lipinski definition) is 6. The standard InChI is InChI=1S/C25H24FN3O3S2/c1-14-15(2)34-25-22(14)24(31)28-21(29-25)13-33-16(3)23(30)27-19-8-5-9-20(11-19)32-12-17-6-4-7-18(26)10-17/h4-11,16H,12-13H2,1-3H3,(H,27,30)(H,28,29,31). The molecule has 0 saturated heterocycles. The first-order valence-corrected chi connectivity index (χ1v) is 12.6. The third-order valence-electron chi connectivity index (χ3n) is 5.32. The molecule has 1 amide bonds. The fourth-order valence-electron chi connectivity index (χ4n) is 3.35. The number of carbonyl (C=O) groups excluding carboxylic acids is 1. The van der Waals surface area contributed by atoms with Gasteiger partial charge in [0.05, 0.1) is 16.4 Å². The fourth-order valence-corrected chi connectivity index (χ4v) is 5.15. The molecule has 6 nitrogen and oxygen atoms in total. The van der Waals surface area contributed by atoms with Crippen LogP contribution in [-0.4, -0.2) is 21.1 Å². The number of hydrogen-bond donors (Lipinski definition) is 2. The smallest absolute Gasteiger partial charge is 0.259 e. The van der Waals surface area contributed by atoms with Gasteiger partial charge in [0.15, 0.2) is 0 Å². The highest BCUT2D eigenvalue weighted by Crippen LogP contribution is 2.27. The van der Waals surface area contributed by atoms with Crippen molar-refractivity contribution in [3.8, 4) is 5.75 Å². The molecule has 2 aromatic carbocycles. The van der Waals surface area contributed by atoms with E-state index < -0.39 is 0 Å². The lowest BCUT2D eigenvalue weighted by atomic mass is 10.2. The molecule has 0 aliphatic carbocycles. The Morgan fingerprint density at radius 3 is 2.82 bits per heavy atom. The summed E-state index contributed by atoms with van der Waals surface area (Å²) >= 11 is 2.90. The molecule has 0 spiro atoms. The van der Waals surface area contributed by atoms with Crippen LogP contribution in [0.3, 0.4) is 0 Å². The van der Waals surface area contributed by atoms with Gasteiger partial charge in [0.1, 0.15) is 28.8 Å². The number of thiophene rings is 1. The number of amides is 1. The van der Waals surface area contributed by atoms with Crippen LogP contribution in [0, 0.1) is 19.7 Å². The molecule has 2 heterocycles. The molecule has 2 N–H and O–H groups in total. The number of benzene rings is 2. The zero-order valence-electron chi connectivity index (χ0n) is 19.0. The van der Waals surface area contributed by atoms with Gasteiger partial charge in [0.2, 0.25) is 5.91 Å². The van der Waals surface area contributed by atoms with Crippen LogP contribution in [0.5, 0.6) is 5.75 Å². The maximum absolute atomic E-state index is 13.3. The first kappa shape index (κ1) is 24.0. The number of halogens is 1. The highest BCUT2D eigenvalue weighted by molar-refractivity contribution is 7.99. The SMILES string of the molecule is Cc1sc2nc(CSC(C)C(=O)Nc3cccc(OCc4cccc(F)c4)c3)[nH]c(=O)c2c1C. The molecule has 9 heteroatoms. The highest BCUT2D eigenvalue weighted by Gasteiger charge is 2.16. The van der Waals surface area contributed by atoms with Crippen molar-refractivity contribution in [2.24, 2.45) is 0 Å². The molecule has 0 aliphatic heterocycles. The molecule has 2 aromatic heterocycles. The average Bonchev–Trinajstić information content (AvgIpc) is 3.10. The highest BCUT2D eigenvalue weighted by atomic mass is 32.2. The van der Waals surface area contributed by atoms with Crippen molar-refractivity contribution < 1.29 is 13.9 Å². The minimum Gasteiger partial charge on any atom is -0.489 e. The number of carbonyl (C=O) groups is 1. The van der Waals surface area contributed by atoms with Crippen molar-refractivity contribution in [3.63, 3.8) is 0 Å². The van der Waals surface area contributed by atoms with Gasteiger partial charge in [-0.15, -0.1) is 23.1 Å². The topological polar surface area (TPSA) is 84.1 Å². The Morgan fingerprint density at radius 1 is 1.24 bits per heavy atom. The van der Waals surface area contributed by atoms with Crippen LogP contribution in [0.15, 0.2) is 53.3 Å². The van der Waals surface area contributed by atoms with Gasteiger partial charge in [0.25, 0.3) is 5.56 Å². The summed E-state index contributed by atoms with van der Waals surface area (Å²) in [7, 11) is 0. The maximum Gasteiger partial charge on any atom is 0.259 e. The van der Waals surface area contributed by atoms with Crippen LogP contribution in [0.4, 0.5) is 10.1 Å². The summed E-state index contributed by atoms with van der Waals surface area (Å²) in [6.07, 6.45) is 0. The summed E-state index contributed by atoms with van der Waals surface area (Å²) in [5.74, 6) is 1.05. The van der Waals surface area contributed by atoms with E-state index in [1.165, 1.54) is 35.2 Å². The maximum atomic E-state index is 13.3. The van der Waals surface area contributed by atoms with E-state index in [-0.39, 0.29) is 29.1 Å². The molecule has 0 fully saturated rings. The third kappa shape index (κ3) is 5.66. The molecule has 0 aliphatic rings. The van der Waals surface area contributed by atoms with Gasteiger partial charge in [-0.05, 0) is 56.2 Å². The number of anilines is 1. The summed E-state index contributed by atoms with van der Waals surface area (Å²) < 4.78 is 19.1. The number of ether oxygens (including phenoxy) is 1. The summed E-state index contributed by atoms with van der Waals surface area (Å²) in [6, 6.07) is 13.3. The lowest BCUT2D eigenvalue weighted by molar-refractivity contribution is -0.115. The molecule has 0 saturated carbocycles. The number of aryl methyl sites for hydroxylation is 2. The summed E-state index contributed by atoms with van der Waals surface area (Å²) in [6.45, 7) is 5.93. The number of rotatable bonds is 8. The molecular formula is C25H24FN3O3S2. The number of aromatic nitrogens is 2. The molecule has 34 heavy (non-hydrogen) atoms. The van der Waals surface area contributed by atoms with Gasteiger partial charge in [-0.3, -0.25) is 9.59 Å². The van der Waals surface area contributed by atoms with Crippen molar-refractivity contribution in [3.05, 3.63) is 86.5 Å². The van der Waals surface area contributed by atoms with Crippen molar-refractivity contribution in [1.29, 1.82) is 0 Å². The summed E-state index contributed by atoms with van der Waals surface area (Å²) in [5.41, 5.74) is 2.14. The Labute approximate surface area is 204 Å². The van der Waals surface area contributed by atoms with Crippen LogP contribution in [0.1, 0.15) is 28.8 Å². The Morgan fingerprint density at radius 2 is 2.03 bits per heavy atom. The van der Waals surface area contributed by atoms with E-state index in [2.05, 4.69) is 15.3 Å². The van der Waals surface area contributed by atoms with Crippen molar-refractivity contribution in [2.75, 3.05) is 5.32 Å². The number of aromatic amines is 1. The van der Waals surface area contributed by atoms with Crippen LogP contribution < -0.4 is 15.6 Å². The second-order valence-corrected chi connectivity index (χ2v) is 10.4.